The van der Waals surface area contributed by atoms with E-state index in [-0.39, 0.29) is 11.4 Å². The molecule has 0 aromatic heterocycles. The number of fused-ring (bicyclic) bond motifs is 5. The molecular formula is C16H13BrN2O5. The first-order chi connectivity index (χ1) is 11.2. The summed E-state index contributed by atoms with van der Waals surface area (Å²) in [4.78, 5) is 37.6. The maximum Gasteiger partial charge on any atom is 0.294 e. The predicted molar refractivity (Wildman–Crippen MR) is 87.3 cm³/mol. The van der Waals surface area contributed by atoms with E-state index >= 15 is 0 Å². The summed E-state index contributed by atoms with van der Waals surface area (Å²) in [6.07, 6.45) is 3.61. The van der Waals surface area contributed by atoms with Crippen LogP contribution in [0.4, 0.5) is 11.4 Å². The van der Waals surface area contributed by atoms with Crippen molar-refractivity contribution in [2.75, 3.05) is 4.90 Å². The first-order valence-electron chi connectivity index (χ1n) is 7.40. The number of halogens is 1. The molecule has 0 N–H and O–H groups in total. The van der Waals surface area contributed by atoms with E-state index in [1.54, 1.807) is 32.1 Å². The zero-order valence-electron chi connectivity index (χ0n) is 12.9. The summed E-state index contributed by atoms with van der Waals surface area (Å²) in [6, 6.07) is 4.28. The van der Waals surface area contributed by atoms with Gasteiger partial charge in [-0.2, -0.15) is 0 Å². The van der Waals surface area contributed by atoms with Gasteiger partial charge in [0.15, 0.2) is 0 Å². The number of anilines is 1. The Morgan fingerprint density at radius 3 is 2.21 bits per heavy atom. The fourth-order valence-electron chi connectivity index (χ4n) is 4.10. The second-order valence-electron chi connectivity index (χ2n) is 6.66. The van der Waals surface area contributed by atoms with Crippen molar-refractivity contribution in [1.29, 1.82) is 0 Å². The van der Waals surface area contributed by atoms with Gasteiger partial charge in [-0.25, -0.2) is 4.90 Å². The van der Waals surface area contributed by atoms with Crippen LogP contribution in [-0.2, 0) is 14.3 Å². The van der Waals surface area contributed by atoms with E-state index in [0.29, 0.717) is 4.47 Å². The van der Waals surface area contributed by atoms with Crippen LogP contribution in [0.25, 0.3) is 0 Å². The third kappa shape index (κ3) is 1.75. The summed E-state index contributed by atoms with van der Waals surface area (Å²) in [5, 5.41) is 11.4. The summed E-state index contributed by atoms with van der Waals surface area (Å²) in [7, 11) is 0. The third-order valence-corrected chi connectivity index (χ3v) is 5.59. The minimum atomic E-state index is -0.856. The van der Waals surface area contributed by atoms with Gasteiger partial charge in [0.1, 0.15) is 5.69 Å². The number of hydrogen-bond acceptors (Lipinski definition) is 5. The van der Waals surface area contributed by atoms with Crippen molar-refractivity contribution in [2.45, 2.75) is 25.0 Å². The molecule has 3 heterocycles. The molecular weight excluding hydrogens is 380 g/mol. The first-order valence-corrected chi connectivity index (χ1v) is 8.19. The van der Waals surface area contributed by atoms with Crippen molar-refractivity contribution < 1.29 is 19.2 Å². The Labute approximate surface area is 145 Å². The number of ether oxygens (including phenoxy) is 1. The molecule has 1 aromatic rings. The second-order valence-corrected chi connectivity index (χ2v) is 7.58. The molecule has 7 nitrogen and oxygen atoms in total. The fraction of sp³-hybridized carbons (Fsp3) is 0.375. The molecule has 0 radical (unpaired) electrons. The molecule has 3 aliphatic heterocycles. The number of benzene rings is 1. The molecule has 0 saturated carbocycles. The number of imide groups is 1. The molecule has 2 saturated heterocycles. The Kier molecular flexibility index (Phi) is 2.91. The standard InChI is InChI=1S/C16H13BrN2O5/c1-15-5-6-16(2,24-15)12-11(15)13(20)18(14(12)21)9-4-3-8(17)7-10(9)19(22)23/h3-7,11-12H,1-2H3/t11-,12-,15+,16+/m1/s1. The number of nitro groups is 1. The van der Waals surface area contributed by atoms with E-state index in [1.165, 1.54) is 12.1 Å². The van der Waals surface area contributed by atoms with Gasteiger partial charge >= 0.3 is 0 Å². The molecule has 2 fully saturated rings. The van der Waals surface area contributed by atoms with E-state index in [9.17, 15) is 19.7 Å². The average Bonchev–Trinajstić information content (AvgIpc) is 3.04. The second kappa shape index (κ2) is 4.52. The lowest BCUT2D eigenvalue weighted by molar-refractivity contribution is -0.384. The summed E-state index contributed by atoms with van der Waals surface area (Å²) < 4.78 is 6.42. The smallest absolute Gasteiger partial charge is 0.294 e. The number of nitro benzene ring substituents is 1. The monoisotopic (exact) mass is 392 g/mol. The van der Waals surface area contributed by atoms with Gasteiger partial charge in [-0.1, -0.05) is 28.1 Å². The quantitative estimate of drug-likeness (QED) is 0.334. The molecule has 2 bridgehead atoms. The van der Waals surface area contributed by atoms with Gasteiger partial charge in [-0.15, -0.1) is 0 Å². The van der Waals surface area contributed by atoms with E-state index < -0.39 is 39.8 Å². The molecule has 0 aliphatic carbocycles. The summed E-state index contributed by atoms with van der Waals surface area (Å²) in [5.74, 6) is -2.23. The van der Waals surface area contributed by atoms with Crippen molar-refractivity contribution in [2.24, 2.45) is 11.8 Å². The fourth-order valence-corrected chi connectivity index (χ4v) is 4.45. The van der Waals surface area contributed by atoms with E-state index in [1.807, 2.05) is 0 Å². The van der Waals surface area contributed by atoms with Crippen LogP contribution in [0.1, 0.15) is 13.8 Å². The minimum Gasteiger partial charge on any atom is -0.359 e. The SMILES string of the molecule is C[C@@]12C=C[C@](C)(O1)[C@H]1C(=O)N(c3ccc(Br)cc3[N+](=O)[O-])C(=O)[C@@H]12. The molecule has 1 aromatic carbocycles. The molecule has 4 atom stereocenters. The third-order valence-electron chi connectivity index (χ3n) is 5.10. The Hall–Kier alpha value is -2.06. The van der Waals surface area contributed by atoms with Crippen LogP contribution in [-0.4, -0.2) is 27.9 Å². The van der Waals surface area contributed by atoms with Gasteiger partial charge in [0, 0.05) is 10.5 Å². The maximum absolute atomic E-state index is 13.0. The predicted octanol–water partition coefficient (Wildman–Crippen LogP) is 2.58. The van der Waals surface area contributed by atoms with Gasteiger partial charge in [0.05, 0.1) is 28.0 Å². The van der Waals surface area contributed by atoms with Crippen LogP contribution in [0.5, 0.6) is 0 Å². The van der Waals surface area contributed by atoms with Gasteiger partial charge < -0.3 is 4.74 Å². The molecule has 24 heavy (non-hydrogen) atoms. The Morgan fingerprint density at radius 2 is 1.71 bits per heavy atom. The minimum absolute atomic E-state index is 0.000741. The highest BCUT2D eigenvalue weighted by Gasteiger charge is 2.70. The van der Waals surface area contributed by atoms with Crippen molar-refractivity contribution in [3.05, 3.63) is 44.9 Å². The van der Waals surface area contributed by atoms with Crippen LogP contribution in [0, 0.1) is 22.0 Å². The first kappa shape index (κ1) is 15.5. The summed E-state index contributed by atoms with van der Waals surface area (Å²) in [5.41, 5.74) is -2.00. The van der Waals surface area contributed by atoms with Crippen molar-refractivity contribution >= 4 is 39.1 Å². The van der Waals surface area contributed by atoms with Gasteiger partial charge in [-0.05, 0) is 26.0 Å². The van der Waals surface area contributed by atoms with E-state index in [0.717, 1.165) is 4.90 Å². The lowest BCUT2D eigenvalue weighted by atomic mass is 9.73. The van der Waals surface area contributed by atoms with Crippen LogP contribution < -0.4 is 4.90 Å². The number of carbonyl (C=O) groups excluding carboxylic acids is 2. The van der Waals surface area contributed by atoms with Crippen LogP contribution >= 0.6 is 15.9 Å². The molecule has 2 amide bonds. The lowest BCUT2D eigenvalue weighted by Gasteiger charge is -2.25. The molecule has 0 spiro atoms. The Morgan fingerprint density at radius 1 is 1.17 bits per heavy atom. The number of rotatable bonds is 2. The zero-order valence-corrected chi connectivity index (χ0v) is 14.4. The Balaban J connectivity index is 1.85. The zero-order chi connectivity index (χ0) is 17.4. The number of hydrogen-bond donors (Lipinski definition) is 0. The van der Waals surface area contributed by atoms with Crippen LogP contribution in [0.2, 0.25) is 0 Å². The molecule has 0 unspecified atom stereocenters. The maximum atomic E-state index is 13.0. The van der Waals surface area contributed by atoms with E-state index in [2.05, 4.69) is 15.9 Å². The van der Waals surface area contributed by atoms with Crippen molar-refractivity contribution in [3.8, 4) is 0 Å². The Bertz CT molecular complexity index is 817. The number of nitrogens with zero attached hydrogens (tertiary/aromatic N) is 2. The average molecular weight is 393 g/mol. The van der Waals surface area contributed by atoms with Crippen molar-refractivity contribution in [1.82, 2.24) is 0 Å². The topological polar surface area (TPSA) is 89.8 Å². The van der Waals surface area contributed by atoms with Gasteiger partial charge in [-0.3, -0.25) is 19.7 Å². The lowest BCUT2D eigenvalue weighted by Crippen LogP contribution is -2.39. The highest BCUT2D eigenvalue weighted by molar-refractivity contribution is 9.10. The summed E-state index contributed by atoms with van der Waals surface area (Å²) in [6.45, 7) is 3.54. The largest absolute Gasteiger partial charge is 0.359 e. The molecule has 4 rings (SSSR count). The molecule has 124 valence electrons. The van der Waals surface area contributed by atoms with Crippen LogP contribution in [0.3, 0.4) is 0 Å². The molecule has 8 heteroatoms. The van der Waals surface area contributed by atoms with Crippen molar-refractivity contribution in [3.63, 3.8) is 0 Å². The number of amides is 2. The highest BCUT2D eigenvalue weighted by Crippen LogP contribution is 2.57. The summed E-state index contributed by atoms with van der Waals surface area (Å²) >= 11 is 3.18. The van der Waals surface area contributed by atoms with Crippen LogP contribution in [0.15, 0.2) is 34.8 Å². The van der Waals surface area contributed by atoms with Gasteiger partial charge in [0.25, 0.3) is 5.69 Å². The number of carbonyl (C=O) groups is 2. The normalized spacial score (nSPS) is 36.5. The molecule has 3 aliphatic rings. The van der Waals surface area contributed by atoms with Gasteiger partial charge in [0.2, 0.25) is 11.8 Å². The van der Waals surface area contributed by atoms with E-state index in [4.69, 9.17) is 4.74 Å². The highest BCUT2D eigenvalue weighted by atomic mass is 79.9.